The molecule has 0 spiro atoms. The lowest BCUT2D eigenvalue weighted by molar-refractivity contribution is 0.208. The van der Waals surface area contributed by atoms with E-state index in [2.05, 4.69) is 13.8 Å². The molecular formula is C24H52MgO4S. The number of unbranched alkanes of at least 4 members (excludes halogenated alkanes) is 18. The zero-order chi connectivity index (χ0) is 21.5. The van der Waals surface area contributed by atoms with Gasteiger partial charge < -0.3 is 0 Å². The average Bonchev–Trinajstić information content (AvgIpc) is 2.70. The summed E-state index contributed by atoms with van der Waals surface area (Å²) in [6, 6.07) is 0. The van der Waals surface area contributed by atoms with Crippen LogP contribution in [0.15, 0.2) is 0 Å². The van der Waals surface area contributed by atoms with Gasteiger partial charge >= 0.3 is 33.5 Å². The predicted molar refractivity (Wildman–Crippen MR) is 133 cm³/mol. The average molecular weight is 461 g/mol. The van der Waals surface area contributed by atoms with Crippen molar-refractivity contribution in [1.82, 2.24) is 0 Å². The quantitative estimate of drug-likeness (QED) is 0.113. The molecule has 0 N–H and O–H groups in total. The summed E-state index contributed by atoms with van der Waals surface area (Å²) in [6.45, 7) is 4.98. The molecule has 0 unspecified atom stereocenters. The fraction of sp³-hybridized carbons (Fsp3) is 1.00. The fourth-order valence-corrected chi connectivity index (χ4v) is 4.25. The monoisotopic (exact) mass is 460 g/mol. The lowest BCUT2D eigenvalue weighted by atomic mass is 10.1. The van der Waals surface area contributed by atoms with Gasteiger partial charge in [0.1, 0.15) is 0 Å². The second-order valence-corrected chi connectivity index (χ2v) is 9.70. The second kappa shape index (κ2) is 25.9. The SMILES string of the molecule is CCCCCCCCCCCCOS(=O)(=O)OCCCCCCCCCCCC.[MgH2]. The molecule has 0 aromatic rings. The Balaban J connectivity index is 0. The third-order valence-electron chi connectivity index (χ3n) is 5.45. The van der Waals surface area contributed by atoms with Gasteiger partial charge in [-0.2, -0.15) is 8.42 Å². The zero-order valence-corrected chi connectivity index (χ0v) is 20.4. The van der Waals surface area contributed by atoms with Crippen molar-refractivity contribution >= 4 is 33.5 Å². The van der Waals surface area contributed by atoms with Crippen LogP contribution in [0.4, 0.5) is 0 Å². The Kier molecular flexibility index (Phi) is 28.3. The summed E-state index contributed by atoms with van der Waals surface area (Å²) in [6.07, 6.45) is 24.4. The van der Waals surface area contributed by atoms with Gasteiger partial charge in [-0.15, -0.1) is 0 Å². The second-order valence-electron chi connectivity index (χ2n) is 8.42. The fourth-order valence-electron chi connectivity index (χ4n) is 3.53. The highest BCUT2D eigenvalue weighted by Gasteiger charge is 2.11. The van der Waals surface area contributed by atoms with Crippen molar-refractivity contribution in [1.29, 1.82) is 0 Å². The van der Waals surface area contributed by atoms with Crippen molar-refractivity contribution in [3.8, 4) is 0 Å². The predicted octanol–water partition coefficient (Wildman–Crippen LogP) is 7.19. The third kappa shape index (κ3) is 26.7. The van der Waals surface area contributed by atoms with Gasteiger partial charge in [0.15, 0.2) is 0 Å². The van der Waals surface area contributed by atoms with Gasteiger partial charge in [0.25, 0.3) is 0 Å². The Bertz CT molecular complexity index is 383. The van der Waals surface area contributed by atoms with Gasteiger partial charge in [-0.3, -0.25) is 0 Å². The summed E-state index contributed by atoms with van der Waals surface area (Å²) >= 11 is 0. The largest absolute Gasteiger partial charge is 0.399 e. The summed E-state index contributed by atoms with van der Waals surface area (Å²) in [7, 11) is -3.80. The van der Waals surface area contributed by atoms with Gasteiger partial charge in [-0.25, -0.2) is 8.37 Å². The lowest BCUT2D eigenvalue weighted by Gasteiger charge is -2.06. The molecule has 0 radical (unpaired) electrons. The molecule has 0 atom stereocenters. The van der Waals surface area contributed by atoms with Crippen LogP contribution in [0.3, 0.4) is 0 Å². The maximum atomic E-state index is 11.7. The van der Waals surface area contributed by atoms with E-state index in [1.54, 1.807) is 0 Å². The Morgan fingerprint density at radius 1 is 0.433 bits per heavy atom. The molecule has 0 aliphatic rings. The zero-order valence-electron chi connectivity index (χ0n) is 19.6. The topological polar surface area (TPSA) is 52.6 Å². The molecular weight excluding hydrogens is 409 g/mol. The molecule has 0 saturated carbocycles. The molecule has 0 rings (SSSR count). The first-order valence-corrected chi connectivity index (χ1v) is 14.0. The van der Waals surface area contributed by atoms with Crippen LogP contribution in [0.25, 0.3) is 0 Å². The van der Waals surface area contributed by atoms with Crippen molar-refractivity contribution in [2.24, 2.45) is 0 Å². The van der Waals surface area contributed by atoms with Gasteiger partial charge in [0, 0.05) is 0 Å². The molecule has 180 valence electrons. The van der Waals surface area contributed by atoms with Crippen LogP contribution in [0, 0.1) is 0 Å². The summed E-state index contributed by atoms with van der Waals surface area (Å²) in [4.78, 5) is 0. The smallest absolute Gasteiger partial charge is 0.248 e. The van der Waals surface area contributed by atoms with E-state index in [1.807, 2.05) is 0 Å². The molecule has 0 aromatic heterocycles. The minimum Gasteiger partial charge on any atom is -0.248 e. The first-order chi connectivity index (χ1) is 14.1. The molecule has 0 aliphatic heterocycles. The Labute approximate surface area is 205 Å². The highest BCUT2D eigenvalue weighted by atomic mass is 32.3. The first-order valence-electron chi connectivity index (χ1n) is 12.7. The van der Waals surface area contributed by atoms with Crippen LogP contribution in [0.2, 0.25) is 0 Å². The summed E-state index contributed by atoms with van der Waals surface area (Å²) < 4.78 is 33.3. The van der Waals surface area contributed by atoms with Crippen LogP contribution in [0.5, 0.6) is 0 Å². The lowest BCUT2D eigenvalue weighted by Crippen LogP contribution is -2.12. The van der Waals surface area contributed by atoms with Gasteiger partial charge in [-0.05, 0) is 12.8 Å². The minimum atomic E-state index is -3.80. The van der Waals surface area contributed by atoms with Crippen LogP contribution < -0.4 is 0 Å². The van der Waals surface area contributed by atoms with E-state index in [0.717, 1.165) is 38.5 Å². The van der Waals surface area contributed by atoms with E-state index in [-0.39, 0.29) is 36.3 Å². The van der Waals surface area contributed by atoms with Crippen LogP contribution in [-0.4, -0.2) is 44.7 Å². The highest BCUT2D eigenvalue weighted by molar-refractivity contribution is 7.81. The summed E-state index contributed by atoms with van der Waals surface area (Å²) in [5, 5.41) is 0. The summed E-state index contributed by atoms with van der Waals surface area (Å²) in [5.74, 6) is 0. The Morgan fingerprint density at radius 3 is 0.933 bits per heavy atom. The van der Waals surface area contributed by atoms with E-state index in [0.29, 0.717) is 0 Å². The molecule has 0 amide bonds. The van der Waals surface area contributed by atoms with Crippen LogP contribution in [0.1, 0.15) is 142 Å². The minimum absolute atomic E-state index is 0. The molecule has 4 nitrogen and oxygen atoms in total. The standard InChI is InChI=1S/C24H50O4S.Mg.2H/c1-3-5-7-9-11-13-15-17-19-21-23-27-29(25,26)28-24-22-20-18-16-14-12-10-8-6-4-2;;;/h3-24H2,1-2H3;;;. The maximum Gasteiger partial charge on any atom is 0.399 e. The van der Waals surface area contributed by atoms with E-state index >= 15 is 0 Å². The van der Waals surface area contributed by atoms with Gasteiger partial charge in [0.05, 0.1) is 13.2 Å². The molecule has 0 saturated heterocycles. The Hall–Kier alpha value is 0.636. The van der Waals surface area contributed by atoms with E-state index in [9.17, 15) is 8.42 Å². The van der Waals surface area contributed by atoms with Crippen molar-refractivity contribution in [3.63, 3.8) is 0 Å². The van der Waals surface area contributed by atoms with E-state index in [1.165, 1.54) is 89.9 Å². The third-order valence-corrected chi connectivity index (χ3v) is 6.36. The molecule has 0 heterocycles. The Morgan fingerprint density at radius 2 is 0.667 bits per heavy atom. The summed E-state index contributed by atoms with van der Waals surface area (Å²) in [5.41, 5.74) is 0. The van der Waals surface area contributed by atoms with Gasteiger partial charge in [-0.1, -0.05) is 129 Å². The normalized spacial score (nSPS) is 11.5. The molecule has 0 bridgehead atoms. The van der Waals surface area contributed by atoms with Crippen LogP contribution in [-0.2, 0) is 18.8 Å². The first kappa shape index (κ1) is 32.8. The number of rotatable bonds is 24. The molecule has 6 heteroatoms. The number of hydrogen-bond donors (Lipinski definition) is 0. The van der Waals surface area contributed by atoms with Crippen molar-refractivity contribution < 1.29 is 16.8 Å². The van der Waals surface area contributed by atoms with Crippen molar-refractivity contribution in [3.05, 3.63) is 0 Å². The number of hydrogen-bond acceptors (Lipinski definition) is 4. The van der Waals surface area contributed by atoms with E-state index < -0.39 is 10.4 Å². The molecule has 30 heavy (non-hydrogen) atoms. The van der Waals surface area contributed by atoms with E-state index in [4.69, 9.17) is 8.37 Å². The van der Waals surface area contributed by atoms with Gasteiger partial charge in [0.2, 0.25) is 0 Å². The van der Waals surface area contributed by atoms with Crippen molar-refractivity contribution in [2.45, 2.75) is 142 Å². The van der Waals surface area contributed by atoms with Crippen LogP contribution >= 0.6 is 0 Å². The molecule has 0 fully saturated rings. The molecule has 0 aliphatic carbocycles. The highest BCUT2D eigenvalue weighted by Crippen LogP contribution is 2.12. The van der Waals surface area contributed by atoms with Crippen molar-refractivity contribution in [2.75, 3.05) is 13.2 Å². The maximum absolute atomic E-state index is 11.7. The molecule has 0 aromatic carbocycles.